The molecule has 3 nitrogen and oxygen atoms in total. The van der Waals surface area contributed by atoms with E-state index in [-0.39, 0.29) is 0 Å². The molecular weight excluding hydrogens is 247 g/mol. The average Bonchev–Trinajstić information content (AvgIpc) is 2.71. The third-order valence-electron chi connectivity index (χ3n) is 2.07. The van der Waals surface area contributed by atoms with Gasteiger partial charge in [-0.05, 0) is 25.2 Å². The topological polar surface area (TPSA) is 38.1 Å². The molecular formula is C11H10Cl2N2O. The van der Waals surface area contributed by atoms with Crippen LogP contribution in [0.25, 0.3) is 11.5 Å². The van der Waals surface area contributed by atoms with Crippen molar-refractivity contribution in [1.82, 2.24) is 10.3 Å². The number of nitrogens with zero attached hydrogens (tertiary/aromatic N) is 1. The summed E-state index contributed by atoms with van der Waals surface area (Å²) < 4.78 is 5.34. The van der Waals surface area contributed by atoms with Crippen molar-refractivity contribution >= 4 is 23.2 Å². The van der Waals surface area contributed by atoms with Crippen molar-refractivity contribution in [2.24, 2.45) is 0 Å². The highest BCUT2D eigenvalue weighted by Crippen LogP contribution is 2.29. The lowest BCUT2D eigenvalue weighted by molar-refractivity contribution is 0.571. The Morgan fingerprint density at radius 1 is 1.38 bits per heavy atom. The number of oxazole rings is 1. The highest BCUT2D eigenvalue weighted by atomic mass is 35.5. The first-order valence-corrected chi connectivity index (χ1v) is 5.50. The second kappa shape index (κ2) is 4.87. The molecule has 0 radical (unpaired) electrons. The van der Waals surface area contributed by atoms with Gasteiger partial charge in [-0.1, -0.05) is 23.2 Å². The molecule has 0 fully saturated rings. The molecule has 84 valence electrons. The summed E-state index contributed by atoms with van der Waals surface area (Å²) in [5, 5.41) is 4.17. The Hall–Kier alpha value is -1.03. The second-order valence-electron chi connectivity index (χ2n) is 3.30. The van der Waals surface area contributed by atoms with Gasteiger partial charge in [-0.2, -0.15) is 0 Å². The van der Waals surface area contributed by atoms with Gasteiger partial charge < -0.3 is 9.73 Å². The zero-order valence-electron chi connectivity index (χ0n) is 8.63. The van der Waals surface area contributed by atoms with Crippen molar-refractivity contribution in [3.8, 4) is 11.5 Å². The first kappa shape index (κ1) is 11.5. The molecule has 0 bridgehead atoms. The molecule has 16 heavy (non-hydrogen) atoms. The molecule has 0 aliphatic heterocycles. The summed E-state index contributed by atoms with van der Waals surface area (Å²) in [6.07, 6.45) is 1.60. The van der Waals surface area contributed by atoms with Gasteiger partial charge in [-0.3, -0.25) is 0 Å². The van der Waals surface area contributed by atoms with E-state index in [1.165, 1.54) is 0 Å². The van der Waals surface area contributed by atoms with E-state index in [1.807, 2.05) is 7.05 Å². The number of benzene rings is 1. The van der Waals surface area contributed by atoms with E-state index in [1.54, 1.807) is 24.5 Å². The molecule has 1 N–H and O–H groups in total. The minimum Gasteiger partial charge on any atom is -0.444 e. The van der Waals surface area contributed by atoms with Crippen LogP contribution in [-0.2, 0) is 6.54 Å². The van der Waals surface area contributed by atoms with E-state index in [0.29, 0.717) is 28.0 Å². The fourth-order valence-corrected chi connectivity index (χ4v) is 1.72. The van der Waals surface area contributed by atoms with E-state index in [9.17, 15) is 0 Å². The Morgan fingerprint density at radius 2 is 2.19 bits per heavy atom. The first-order chi connectivity index (χ1) is 7.70. The van der Waals surface area contributed by atoms with Gasteiger partial charge in [0.25, 0.3) is 0 Å². The van der Waals surface area contributed by atoms with E-state index in [4.69, 9.17) is 27.6 Å². The number of nitrogens with one attached hydrogen (secondary N) is 1. The Kier molecular flexibility index (Phi) is 3.49. The summed E-state index contributed by atoms with van der Waals surface area (Å²) in [6.45, 7) is 0.654. The van der Waals surface area contributed by atoms with E-state index in [0.717, 1.165) is 5.69 Å². The molecule has 0 saturated carbocycles. The minimum absolute atomic E-state index is 0.484. The monoisotopic (exact) mass is 256 g/mol. The van der Waals surface area contributed by atoms with Crippen molar-refractivity contribution in [3.05, 3.63) is 40.2 Å². The third-order valence-corrected chi connectivity index (χ3v) is 2.63. The number of hydrogen-bond donors (Lipinski definition) is 1. The second-order valence-corrected chi connectivity index (χ2v) is 4.14. The van der Waals surface area contributed by atoms with Gasteiger partial charge in [-0.25, -0.2) is 4.98 Å². The highest BCUT2D eigenvalue weighted by molar-refractivity contribution is 6.35. The third kappa shape index (κ3) is 2.38. The summed E-state index contributed by atoms with van der Waals surface area (Å²) in [6, 6.07) is 5.19. The zero-order valence-corrected chi connectivity index (χ0v) is 10.1. The van der Waals surface area contributed by atoms with E-state index in [2.05, 4.69) is 10.3 Å². The summed E-state index contributed by atoms with van der Waals surface area (Å²) in [7, 11) is 1.85. The normalized spacial score (nSPS) is 10.7. The molecule has 5 heteroatoms. The standard InChI is InChI=1S/C11H10Cl2N2O/c1-14-5-8-6-16-11(15-8)9-4-7(12)2-3-10(9)13/h2-4,6,14H,5H2,1H3. The summed E-state index contributed by atoms with van der Waals surface area (Å²) in [4.78, 5) is 4.30. The molecule has 2 rings (SSSR count). The van der Waals surface area contributed by atoms with Crippen molar-refractivity contribution < 1.29 is 4.42 Å². The zero-order chi connectivity index (χ0) is 11.5. The Morgan fingerprint density at radius 3 is 2.94 bits per heavy atom. The van der Waals surface area contributed by atoms with Crippen LogP contribution in [0.3, 0.4) is 0 Å². The lowest BCUT2D eigenvalue weighted by atomic mass is 10.2. The maximum absolute atomic E-state index is 6.04. The predicted octanol–water partition coefficient (Wildman–Crippen LogP) is 3.37. The number of rotatable bonds is 3. The molecule has 0 unspecified atom stereocenters. The maximum Gasteiger partial charge on any atom is 0.227 e. The number of aromatic nitrogens is 1. The molecule has 0 aliphatic rings. The van der Waals surface area contributed by atoms with Crippen LogP contribution in [0.2, 0.25) is 10.0 Å². The van der Waals surface area contributed by atoms with Crippen molar-refractivity contribution in [1.29, 1.82) is 0 Å². The van der Waals surface area contributed by atoms with Crippen LogP contribution in [0, 0.1) is 0 Å². The van der Waals surface area contributed by atoms with Crippen LogP contribution >= 0.6 is 23.2 Å². The van der Waals surface area contributed by atoms with Crippen LogP contribution < -0.4 is 5.32 Å². The molecule has 0 saturated heterocycles. The highest BCUT2D eigenvalue weighted by Gasteiger charge is 2.10. The summed E-state index contributed by atoms with van der Waals surface area (Å²) in [5.41, 5.74) is 1.53. The molecule has 0 amide bonds. The van der Waals surface area contributed by atoms with Gasteiger partial charge in [0.15, 0.2) is 0 Å². The van der Waals surface area contributed by atoms with Crippen molar-refractivity contribution in [3.63, 3.8) is 0 Å². The minimum atomic E-state index is 0.484. The lowest BCUT2D eigenvalue weighted by Crippen LogP contribution is -2.04. The molecule has 1 heterocycles. The smallest absolute Gasteiger partial charge is 0.227 e. The Labute approximate surface area is 103 Å². The van der Waals surface area contributed by atoms with Crippen LogP contribution in [0.4, 0.5) is 0 Å². The van der Waals surface area contributed by atoms with E-state index >= 15 is 0 Å². The first-order valence-electron chi connectivity index (χ1n) is 4.75. The van der Waals surface area contributed by atoms with Crippen LogP contribution in [0.1, 0.15) is 5.69 Å². The SMILES string of the molecule is CNCc1coc(-c2cc(Cl)ccc2Cl)n1. The van der Waals surface area contributed by atoms with Gasteiger partial charge in [0.05, 0.1) is 16.3 Å². The van der Waals surface area contributed by atoms with Crippen molar-refractivity contribution in [2.45, 2.75) is 6.54 Å². The number of hydrogen-bond acceptors (Lipinski definition) is 3. The van der Waals surface area contributed by atoms with Gasteiger partial charge in [-0.15, -0.1) is 0 Å². The Bertz CT molecular complexity index is 496. The molecule has 0 spiro atoms. The molecule has 0 aliphatic carbocycles. The molecule has 2 aromatic rings. The quantitative estimate of drug-likeness (QED) is 0.916. The molecule has 0 atom stereocenters. The number of halogens is 2. The average molecular weight is 257 g/mol. The van der Waals surface area contributed by atoms with E-state index < -0.39 is 0 Å². The maximum atomic E-state index is 6.04. The predicted molar refractivity (Wildman–Crippen MR) is 64.7 cm³/mol. The van der Waals surface area contributed by atoms with Crippen LogP contribution in [0.5, 0.6) is 0 Å². The Balaban J connectivity index is 2.38. The molecule has 1 aromatic heterocycles. The van der Waals surface area contributed by atoms with Crippen LogP contribution in [0.15, 0.2) is 28.9 Å². The summed E-state index contributed by atoms with van der Waals surface area (Å²) in [5.74, 6) is 0.484. The van der Waals surface area contributed by atoms with Gasteiger partial charge in [0, 0.05) is 11.6 Å². The lowest BCUT2D eigenvalue weighted by Gasteiger charge is -1.99. The van der Waals surface area contributed by atoms with Gasteiger partial charge in [0.2, 0.25) is 5.89 Å². The van der Waals surface area contributed by atoms with Gasteiger partial charge in [0.1, 0.15) is 6.26 Å². The largest absolute Gasteiger partial charge is 0.444 e. The van der Waals surface area contributed by atoms with Crippen LogP contribution in [-0.4, -0.2) is 12.0 Å². The molecule has 1 aromatic carbocycles. The van der Waals surface area contributed by atoms with Crippen molar-refractivity contribution in [2.75, 3.05) is 7.05 Å². The van der Waals surface area contributed by atoms with Gasteiger partial charge >= 0.3 is 0 Å². The fourth-order valence-electron chi connectivity index (χ4n) is 1.35. The summed E-state index contributed by atoms with van der Waals surface area (Å²) >= 11 is 11.9. The fraction of sp³-hybridized carbons (Fsp3) is 0.182.